The fourth-order valence-corrected chi connectivity index (χ4v) is 3.23. The monoisotopic (exact) mass is 497 g/mol. The van der Waals surface area contributed by atoms with Gasteiger partial charge >= 0.3 is 12.4 Å². The van der Waals surface area contributed by atoms with E-state index >= 15 is 0 Å². The van der Waals surface area contributed by atoms with Crippen LogP contribution in [0.15, 0.2) is 42.5 Å². The smallest absolute Gasteiger partial charge is 0.352 e. The highest BCUT2D eigenvalue weighted by Gasteiger charge is 2.37. The molecule has 192 valence electrons. The van der Waals surface area contributed by atoms with Crippen LogP contribution in [0.2, 0.25) is 0 Å². The first kappa shape index (κ1) is 29.9. The molecule has 0 aromatic heterocycles. The summed E-state index contributed by atoms with van der Waals surface area (Å²) in [6.07, 6.45) is -9.38. The summed E-state index contributed by atoms with van der Waals surface area (Å²) in [6.45, 7) is 3.86. The molecule has 0 radical (unpaired) electrons. The maximum absolute atomic E-state index is 13.1. The molecular formula is C24H30F7NO2. The molecule has 1 fully saturated rings. The van der Waals surface area contributed by atoms with Gasteiger partial charge in [-0.1, -0.05) is 26.0 Å². The lowest BCUT2D eigenvalue weighted by atomic mass is 9.92. The van der Waals surface area contributed by atoms with Gasteiger partial charge in [0.05, 0.1) is 17.7 Å². The molecule has 3 nitrogen and oxygen atoms in total. The number of alkyl halides is 6. The Kier molecular flexibility index (Phi) is 12.0. The van der Waals surface area contributed by atoms with Crippen LogP contribution in [0.4, 0.5) is 30.7 Å². The molecule has 0 bridgehead atoms. The topological polar surface area (TPSA) is 30.5 Å². The van der Waals surface area contributed by atoms with E-state index in [-0.39, 0.29) is 17.5 Å². The summed E-state index contributed by atoms with van der Waals surface area (Å²) in [6, 6.07) is 6.97. The number of benzene rings is 2. The lowest BCUT2D eigenvalue weighted by molar-refractivity contribution is -0.181. The molecule has 2 atom stereocenters. The predicted molar refractivity (Wildman–Crippen MR) is 116 cm³/mol. The first-order chi connectivity index (χ1) is 16.0. The summed E-state index contributed by atoms with van der Waals surface area (Å²) in [4.78, 5) is 0. The Morgan fingerprint density at radius 3 is 1.88 bits per heavy atom. The van der Waals surface area contributed by atoms with E-state index in [4.69, 9.17) is 9.47 Å². The molecule has 1 aliphatic heterocycles. The zero-order valence-corrected chi connectivity index (χ0v) is 19.5. The summed E-state index contributed by atoms with van der Waals surface area (Å²) in [7, 11) is 3.75. The van der Waals surface area contributed by atoms with Crippen molar-refractivity contribution in [1.29, 1.82) is 0 Å². The van der Waals surface area contributed by atoms with Crippen molar-refractivity contribution in [3.8, 4) is 0 Å². The fraction of sp³-hybridized carbons (Fsp3) is 0.500. The molecule has 10 heteroatoms. The van der Waals surface area contributed by atoms with Gasteiger partial charge in [0.15, 0.2) is 6.29 Å². The molecule has 1 N–H and O–H groups in total. The zero-order chi connectivity index (χ0) is 25.9. The maximum atomic E-state index is 13.1. The summed E-state index contributed by atoms with van der Waals surface area (Å²) in [5.41, 5.74) is -2.34. The number of ether oxygens (including phenoxy) is 2. The highest BCUT2D eigenvalue weighted by atomic mass is 19.4. The number of rotatable bonds is 4. The van der Waals surface area contributed by atoms with Crippen molar-refractivity contribution >= 4 is 0 Å². The van der Waals surface area contributed by atoms with Crippen molar-refractivity contribution in [2.75, 3.05) is 20.7 Å². The Balaban J connectivity index is 0.00000107. The molecule has 1 heterocycles. The Hall–Kier alpha value is -2.17. The molecule has 3 rings (SSSR count). The quantitative estimate of drug-likeness (QED) is 0.455. The Morgan fingerprint density at radius 2 is 1.41 bits per heavy atom. The van der Waals surface area contributed by atoms with Crippen molar-refractivity contribution in [2.24, 2.45) is 0 Å². The van der Waals surface area contributed by atoms with Crippen LogP contribution in [-0.2, 0) is 28.4 Å². The molecule has 34 heavy (non-hydrogen) atoms. The zero-order valence-electron chi connectivity index (χ0n) is 19.5. The summed E-state index contributed by atoms with van der Waals surface area (Å²) >= 11 is 0. The van der Waals surface area contributed by atoms with E-state index in [1.54, 1.807) is 12.1 Å². The summed E-state index contributed by atoms with van der Waals surface area (Å²) in [5, 5.41) is 2.75. The van der Waals surface area contributed by atoms with Gasteiger partial charge in [-0.3, -0.25) is 0 Å². The van der Waals surface area contributed by atoms with Crippen LogP contribution in [-0.4, -0.2) is 27.0 Å². The third kappa shape index (κ3) is 9.23. The van der Waals surface area contributed by atoms with Gasteiger partial charge < -0.3 is 14.8 Å². The third-order valence-electron chi connectivity index (χ3n) is 4.63. The molecule has 2 aromatic rings. The third-order valence-corrected chi connectivity index (χ3v) is 4.63. The number of hydrogen-bond donors (Lipinski definition) is 1. The van der Waals surface area contributed by atoms with Crippen molar-refractivity contribution in [2.45, 2.75) is 57.9 Å². The van der Waals surface area contributed by atoms with Crippen molar-refractivity contribution in [3.63, 3.8) is 0 Å². The van der Waals surface area contributed by atoms with E-state index < -0.39 is 42.2 Å². The van der Waals surface area contributed by atoms with Crippen molar-refractivity contribution < 1.29 is 40.2 Å². The van der Waals surface area contributed by atoms with Gasteiger partial charge in [-0.25, -0.2) is 4.39 Å². The van der Waals surface area contributed by atoms with Crippen LogP contribution >= 0.6 is 0 Å². The Morgan fingerprint density at radius 1 is 0.912 bits per heavy atom. The average molecular weight is 497 g/mol. The highest BCUT2D eigenvalue weighted by Crippen LogP contribution is 2.37. The number of halogens is 7. The first-order valence-electron chi connectivity index (χ1n) is 10.8. The fourth-order valence-electron chi connectivity index (χ4n) is 3.23. The Bertz CT molecular complexity index is 820. The van der Waals surface area contributed by atoms with E-state index in [9.17, 15) is 30.7 Å². The maximum Gasteiger partial charge on any atom is 0.416 e. The van der Waals surface area contributed by atoms with Crippen LogP contribution < -0.4 is 5.32 Å². The van der Waals surface area contributed by atoms with Crippen molar-refractivity contribution in [1.82, 2.24) is 5.32 Å². The lowest BCUT2D eigenvalue weighted by Crippen LogP contribution is -2.30. The van der Waals surface area contributed by atoms with Gasteiger partial charge in [-0.2, -0.15) is 26.3 Å². The second-order valence-electron chi connectivity index (χ2n) is 7.26. The van der Waals surface area contributed by atoms with E-state index in [0.29, 0.717) is 31.6 Å². The van der Waals surface area contributed by atoms with Gasteiger partial charge in [0, 0.05) is 12.5 Å². The van der Waals surface area contributed by atoms with Crippen LogP contribution in [0.1, 0.15) is 54.9 Å². The van der Waals surface area contributed by atoms with Crippen LogP contribution in [0.5, 0.6) is 0 Å². The Labute approximate surface area is 195 Å². The van der Waals surface area contributed by atoms with E-state index in [0.717, 1.165) is 5.56 Å². The standard InChI is InChI=1S/C20H17F7O2.C2H7N.C2H6/c21-16-5-3-13(4-6-16)17-2-1-7-28-18(17)29-11-12-8-14(19(22,23)24)10-15(9-12)20(25,26)27;1-3-2;1-2/h3-6,8-10,17-18H,1-2,7,11H2;3H,1-2H3;1-2H3/t17-,18-;;/m1../s1. The molecule has 1 saturated heterocycles. The van der Waals surface area contributed by atoms with Crippen LogP contribution in [0, 0.1) is 5.82 Å². The molecule has 0 aliphatic carbocycles. The minimum atomic E-state index is -4.92. The van der Waals surface area contributed by atoms with Gasteiger partial charge in [0.25, 0.3) is 0 Å². The lowest BCUT2D eigenvalue weighted by Gasteiger charge is -2.32. The largest absolute Gasteiger partial charge is 0.416 e. The van der Waals surface area contributed by atoms with Gasteiger partial charge in [0.2, 0.25) is 0 Å². The molecule has 0 saturated carbocycles. The molecular weight excluding hydrogens is 467 g/mol. The van der Waals surface area contributed by atoms with E-state index in [1.807, 2.05) is 27.9 Å². The molecule has 1 aliphatic rings. The average Bonchev–Trinajstić information content (AvgIpc) is 2.79. The number of nitrogens with one attached hydrogen (secondary N) is 1. The molecule has 0 spiro atoms. The van der Waals surface area contributed by atoms with Gasteiger partial charge in [-0.05, 0) is 68.4 Å². The van der Waals surface area contributed by atoms with E-state index in [1.165, 1.54) is 12.1 Å². The summed E-state index contributed by atoms with van der Waals surface area (Å²) in [5.74, 6) is -0.733. The second-order valence-corrected chi connectivity index (χ2v) is 7.26. The minimum Gasteiger partial charge on any atom is -0.352 e. The van der Waals surface area contributed by atoms with Crippen LogP contribution in [0.3, 0.4) is 0 Å². The molecule has 0 unspecified atom stereocenters. The first-order valence-corrected chi connectivity index (χ1v) is 10.8. The van der Waals surface area contributed by atoms with Crippen molar-refractivity contribution in [3.05, 3.63) is 70.5 Å². The second kappa shape index (κ2) is 13.7. The highest BCUT2D eigenvalue weighted by molar-refractivity contribution is 5.33. The molecule has 0 amide bonds. The van der Waals surface area contributed by atoms with E-state index in [2.05, 4.69) is 5.32 Å². The minimum absolute atomic E-state index is 0.0714. The summed E-state index contributed by atoms with van der Waals surface area (Å²) < 4.78 is 102. The normalized spacial score (nSPS) is 18.3. The SMILES string of the molecule is CC.CNC.Fc1ccc([C@H]2CCCO[C@@H]2OCc2cc(C(F)(F)F)cc(C(F)(F)F)c2)cc1. The number of hydrogen-bond acceptors (Lipinski definition) is 3. The predicted octanol–water partition coefficient (Wildman–Crippen LogP) is 7.16. The van der Waals surface area contributed by atoms with Gasteiger partial charge in [-0.15, -0.1) is 0 Å². The van der Waals surface area contributed by atoms with Gasteiger partial charge in [0.1, 0.15) is 5.82 Å². The van der Waals surface area contributed by atoms with Crippen LogP contribution in [0.25, 0.3) is 0 Å². The molecule has 2 aromatic carbocycles.